The minimum atomic E-state index is -1.12. The second-order valence-corrected chi connectivity index (χ2v) is 6.07. The number of rotatable bonds is 4. The Hall–Kier alpha value is -1.32. The summed E-state index contributed by atoms with van der Waals surface area (Å²) in [5, 5.41) is 0. The van der Waals surface area contributed by atoms with Gasteiger partial charge >= 0.3 is 11.9 Å². The van der Waals surface area contributed by atoms with Gasteiger partial charge in [0, 0.05) is 5.92 Å². The monoisotopic (exact) mass is 266 g/mol. The number of carbonyl (C=O) groups excluding carboxylic acids is 2. The molecule has 0 aromatic carbocycles. The van der Waals surface area contributed by atoms with Gasteiger partial charge in [0.2, 0.25) is 0 Å². The van der Waals surface area contributed by atoms with Gasteiger partial charge in [0.1, 0.15) is 0 Å². The van der Waals surface area contributed by atoms with Crippen LogP contribution in [0.25, 0.3) is 0 Å². The molecular formula is C15H22O4. The molecule has 0 saturated heterocycles. The molecule has 2 unspecified atom stereocenters. The average Bonchev–Trinajstić information content (AvgIpc) is 2.86. The molecule has 19 heavy (non-hydrogen) atoms. The maximum absolute atomic E-state index is 12.4. The zero-order chi connectivity index (χ0) is 14.2. The van der Waals surface area contributed by atoms with Crippen LogP contribution in [0.1, 0.15) is 40.5 Å². The molecule has 2 atom stereocenters. The molecule has 0 amide bonds. The van der Waals surface area contributed by atoms with Gasteiger partial charge in [-0.15, -0.1) is 0 Å². The quantitative estimate of drug-likeness (QED) is 0.445. The Balaban J connectivity index is 2.27. The molecule has 0 aromatic heterocycles. The zero-order valence-electron chi connectivity index (χ0n) is 12.0. The largest absolute Gasteiger partial charge is 0.462 e. The second-order valence-electron chi connectivity index (χ2n) is 6.07. The van der Waals surface area contributed by atoms with Gasteiger partial charge in [0.25, 0.3) is 0 Å². The predicted molar refractivity (Wildman–Crippen MR) is 70.2 cm³/mol. The van der Waals surface area contributed by atoms with E-state index in [1.165, 1.54) is 0 Å². The van der Waals surface area contributed by atoms with E-state index in [0.717, 1.165) is 6.42 Å². The number of hydrogen-bond donors (Lipinski definition) is 0. The second kappa shape index (κ2) is 4.99. The van der Waals surface area contributed by atoms with Crippen LogP contribution in [-0.4, -0.2) is 24.1 Å². The molecular weight excluding hydrogens is 244 g/mol. The minimum absolute atomic E-state index is 0.0741. The fraction of sp³-hybridized carbons (Fsp3) is 0.733. The van der Waals surface area contributed by atoms with E-state index >= 15 is 0 Å². The minimum Gasteiger partial charge on any atom is -0.462 e. The van der Waals surface area contributed by atoms with Gasteiger partial charge in [-0.3, -0.25) is 9.59 Å². The maximum atomic E-state index is 12.4. The van der Waals surface area contributed by atoms with Crippen molar-refractivity contribution in [3.8, 4) is 0 Å². The van der Waals surface area contributed by atoms with E-state index in [1.54, 1.807) is 27.7 Å². The molecule has 4 nitrogen and oxygen atoms in total. The number of carbonyl (C=O) groups is 2. The standard InChI is InChI=1S/C15H22O4/c1-9(2)18-13(16)15(14(17)19-10(3)4)8-11-5-6-12(15)7-11/h5-6,9-12H,7-8H2,1-4H3. The molecule has 0 N–H and O–H groups in total. The number of esters is 2. The lowest BCUT2D eigenvalue weighted by molar-refractivity contribution is -0.179. The van der Waals surface area contributed by atoms with Crippen LogP contribution < -0.4 is 0 Å². The lowest BCUT2D eigenvalue weighted by Gasteiger charge is -2.32. The number of fused-ring (bicyclic) bond motifs is 2. The van der Waals surface area contributed by atoms with E-state index in [-0.39, 0.29) is 18.1 Å². The first-order chi connectivity index (χ1) is 8.86. The summed E-state index contributed by atoms with van der Waals surface area (Å²) >= 11 is 0. The van der Waals surface area contributed by atoms with Crippen molar-refractivity contribution in [1.82, 2.24) is 0 Å². The zero-order valence-corrected chi connectivity index (χ0v) is 12.0. The normalized spacial score (nSPS) is 27.1. The van der Waals surface area contributed by atoms with Gasteiger partial charge in [-0.1, -0.05) is 12.2 Å². The van der Waals surface area contributed by atoms with E-state index in [0.29, 0.717) is 12.3 Å². The first-order valence-corrected chi connectivity index (χ1v) is 6.96. The van der Waals surface area contributed by atoms with Crippen LogP contribution in [0.5, 0.6) is 0 Å². The highest BCUT2D eigenvalue weighted by Crippen LogP contribution is 2.53. The fourth-order valence-electron chi connectivity index (χ4n) is 3.05. The van der Waals surface area contributed by atoms with Crippen molar-refractivity contribution >= 4 is 11.9 Å². The van der Waals surface area contributed by atoms with Gasteiger partial charge in [-0.2, -0.15) is 0 Å². The molecule has 0 spiro atoms. The highest BCUT2D eigenvalue weighted by molar-refractivity contribution is 6.01. The van der Waals surface area contributed by atoms with Crippen molar-refractivity contribution < 1.29 is 19.1 Å². The van der Waals surface area contributed by atoms with Crippen LogP contribution in [0.15, 0.2) is 12.2 Å². The summed E-state index contributed by atoms with van der Waals surface area (Å²) in [6, 6.07) is 0. The summed E-state index contributed by atoms with van der Waals surface area (Å²) < 4.78 is 10.6. The summed E-state index contributed by atoms with van der Waals surface area (Å²) in [7, 11) is 0. The van der Waals surface area contributed by atoms with E-state index < -0.39 is 17.4 Å². The third kappa shape index (κ3) is 2.40. The molecule has 0 aromatic rings. The molecule has 4 heteroatoms. The van der Waals surface area contributed by atoms with Gasteiger partial charge in [-0.25, -0.2) is 0 Å². The van der Waals surface area contributed by atoms with Gasteiger partial charge in [-0.05, 0) is 46.5 Å². The first kappa shape index (κ1) is 14.1. The van der Waals surface area contributed by atoms with Crippen LogP contribution >= 0.6 is 0 Å². The molecule has 1 fully saturated rings. The van der Waals surface area contributed by atoms with Crippen molar-refractivity contribution in [3.05, 3.63) is 12.2 Å². The number of ether oxygens (including phenoxy) is 2. The summed E-state index contributed by atoms with van der Waals surface area (Å²) in [6.45, 7) is 7.18. The van der Waals surface area contributed by atoms with Crippen molar-refractivity contribution in [2.45, 2.75) is 52.7 Å². The third-order valence-corrected chi connectivity index (χ3v) is 3.80. The van der Waals surface area contributed by atoms with E-state index in [4.69, 9.17) is 9.47 Å². The SMILES string of the molecule is CC(C)OC(=O)C1(C(=O)OC(C)C)CC2C=CC1C2. The van der Waals surface area contributed by atoms with Crippen molar-refractivity contribution in [1.29, 1.82) is 0 Å². The van der Waals surface area contributed by atoms with Crippen molar-refractivity contribution in [3.63, 3.8) is 0 Å². The molecule has 2 aliphatic rings. The first-order valence-electron chi connectivity index (χ1n) is 6.96. The molecule has 0 radical (unpaired) electrons. The molecule has 2 rings (SSSR count). The summed E-state index contributed by atoms with van der Waals surface area (Å²) in [4.78, 5) is 24.9. The Labute approximate surface area is 114 Å². The third-order valence-electron chi connectivity index (χ3n) is 3.80. The summed E-state index contributed by atoms with van der Waals surface area (Å²) in [5.74, 6) is -0.630. The Morgan fingerprint density at radius 1 is 1.05 bits per heavy atom. The van der Waals surface area contributed by atoms with Gasteiger partial charge < -0.3 is 9.47 Å². The molecule has 1 saturated carbocycles. The van der Waals surface area contributed by atoms with Crippen molar-refractivity contribution in [2.75, 3.05) is 0 Å². The highest BCUT2D eigenvalue weighted by atomic mass is 16.6. The Bertz CT molecular complexity index is 386. The van der Waals surface area contributed by atoms with Crippen LogP contribution in [0.3, 0.4) is 0 Å². The molecule has 106 valence electrons. The topological polar surface area (TPSA) is 52.6 Å². The van der Waals surface area contributed by atoms with E-state index in [9.17, 15) is 9.59 Å². The Morgan fingerprint density at radius 2 is 1.58 bits per heavy atom. The van der Waals surface area contributed by atoms with Gasteiger partial charge in [0.05, 0.1) is 12.2 Å². The number of hydrogen-bond acceptors (Lipinski definition) is 4. The molecule has 0 heterocycles. The van der Waals surface area contributed by atoms with Crippen LogP contribution in [-0.2, 0) is 19.1 Å². The summed E-state index contributed by atoms with van der Waals surface area (Å²) in [5.41, 5.74) is -1.12. The number of allylic oxidation sites excluding steroid dienone is 2. The van der Waals surface area contributed by atoms with E-state index in [1.807, 2.05) is 6.08 Å². The lowest BCUT2D eigenvalue weighted by Crippen LogP contribution is -2.46. The predicted octanol–water partition coefficient (Wildman–Crippen LogP) is 2.47. The van der Waals surface area contributed by atoms with Crippen LogP contribution in [0.2, 0.25) is 0 Å². The fourth-order valence-corrected chi connectivity index (χ4v) is 3.05. The Morgan fingerprint density at radius 3 is 1.89 bits per heavy atom. The maximum Gasteiger partial charge on any atom is 0.324 e. The van der Waals surface area contributed by atoms with E-state index in [2.05, 4.69) is 6.08 Å². The van der Waals surface area contributed by atoms with Crippen molar-refractivity contribution in [2.24, 2.45) is 17.3 Å². The molecule has 2 bridgehead atoms. The highest BCUT2D eigenvalue weighted by Gasteiger charge is 2.61. The lowest BCUT2D eigenvalue weighted by atomic mass is 9.75. The van der Waals surface area contributed by atoms with Crippen LogP contribution in [0, 0.1) is 17.3 Å². The molecule has 0 aliphatic heterocycles. The average molecular weight is 266 g/mol. The smallest absolute Gasteiger partial charge is 0.324 e. The summed E-state index contributed by atoms with van der Waals surface area (Å²) in [6.07, 6.45) is 4.98. The van der Waals surface area contributed by atoms with Gasteiger partial charge in [0.15, 0.2) is 5.41 Å². The molecule has 2 aliphatic carbocycles. The Kier molecular flexibility index (Phi) is 3.70. The van der Waals surface area contributed by atoms with Crippen LogP contribution in [0.4, 0.5) is 0 Å².